The molecule has 1 aliphatic heterocycles. The first-order valence-electron chi connectivity index (χ1n) is 17.6. The number of nitrogens with two attached hydrogens (primary N) is 1. The lowest BCUT2D eigenvalue weighted by atomic mass is 9.80. The Bertz CT molecular complexity index is 1610. The SMILES string of the molecule is CCC(=O)N[C@@H](Cc1nc2ccc(Cl)cc2s1)C(=O)N[C@H](C(=O)C[C@@H](CCCCN)C(=O)N[C@@H]1CCOc2ccccc21)C1CCCCC1. The molecule has 0 saturated heterocycles. The molecule has 1 aliphatic carbocycles. The largest absolute Gasteiger partial charge is 0.493 e. The Labute approximate surface area is 297 Å². The summed E-state index contributed by atoms with van der Waals surface area (Å²) in [6, 6.07) is 11.2. The summed E-state index contributed by atoms with van der Waals surface area (Å²) in [4.78, 5) is 59.4. The van der Waals surface area contributed by atoms with E-state index in [9.17, 15) is 19.2 Å². The lowest BCUT2D eigenvalue weighted by Crippen LogP contribution is -2.55. The number of nitrogens with one attached hydrogen (secondary N) is 3. The van der Waals surface area contributed by atoms with E-state index in [2.05, 4.69) is 20.9 Å². The van der Waals surface area contributed by atoms with Gasteiger partial charge in [0.15, 0.2) is 5.78 Å². The van der Waals surface area contributed by atoms with E-state index in [1.807, 2.05) is 36.4 Å². The number of nitrogens with zero attached hydrogens (tertiary/aromatic N) is 1. The second-order valence-electron chi connectivity index (χ2n) is 13.2. The predicted octanol–water partition coefficient (Wildman–Crippen LogP) is 5.80. The van der Waals surface area contributed by atoms with E-state index in [0.29, 0.717) is 42.4 Å². The van der Waals surface area contributed by atoms with E-state index in [0.717, 1.165) is 60.1 Å². The molecule has 4 atom stereocenters. The second kappa shape index (κ2) is 17.9. The van der Waals surface area contributed by atoms with Gasteiger partial charge in [0.2, 0.25) is 17.7 Å². The maximum absolute atomic E-state index is 14.3. The molecule has 3 amide bonds. The third-order valence-corrected chi connectivity index (χ3v) is 10.9. The Morgan fingerprint density at radius 1 is 1.02 bits per heavy atom. The Morgan fingerprint density at radius 3 is 2.59 bits per heavy atom. The average molecular weight is 710 g/mol. The number of rotatable bonds is 16. The fraction of sp³-hybridized carbons (Fsp3) is 0.541. The second-order valence-corrected chi connectivity index (χ2v) is 14.7. The first-order chi connectivity index (χ1) is 23.7. The molecule has 1 fully saturated rings. The van der Waals surface area contributed by atoms with Gasteiger partial charge in [-0.3, -0.25) is 19.2 Å². The summed E-state index contributed by atoms with van der Waals surface area (Å²) in [5.74, 6) is -0.883. The number of carbonyl (C=O) groups excluding carboxylic acids is 4. The van der Waals surface area contributed by atoms with Crippen molar-refractivity contribution in [2.45, 2.75) is 102 Å². The van der Waals surface area contributed by atoms with Crippen LogP contribution in [0.5, 0.6) is 5.75 Å². The summed E-state index contributed by atoms with van der Waals surface area (Å²) in [6.07, 6.45) is 7.65. The van der Waals surface area contributed by atoms with E-state index in [1.54, 1.807) is 13.0 Å². The Hall–Kier alpha value is -3.54. The zero-order valence-corrected chi connectivity index (χ0v) is 29.8. The highest BCUT2D eigenvalue weighted by molar-refractivity contribution is 7.18. The van der Waals surface area contributed by atoms with Crippen LogP contribution in [0.1, 0.15) is 94.2 Å². The van der Waals surface area contributed by atoms with Crippen LogP contribution in [0.15, 0.2) is 42.5 Å². The molecule has 1 saturated carbocycles. The predicted molar refractivity (Wildman–Crippen MR) is 193 cm³/mol. The van der Waals surface area contributed by atoms with Gasteiger partial charge in [0.25, 0.3) is 0 Å². The quantitative estimate of drug-likeness (QED) is 0.137. The molecule has 12 heteroatoms. The summed E-state index contributed by atoms with van der Waals surface area (Å²) in [7, 11) is 0. The third-order valence-electron chi connectivity index (χ3n) is 9.61. The van der Waals surface area contributed by atoms with Gasteiger partial charge in [0, 0.05) is 42.2 Å². The molecule has 2 aliphatic rings. The number of hydrogen-bond donors (Lipinski definition) is 4. The number of halogens is 1. The van der Waals surface area contributed by atoms with Gasteiger partial charge >= 0.3 is 0 Å². The van der Waals surface area contributed by atoms with Crippen LogP contribution in [0.2, 0.25) is 5.02 Å². The zero-order valence-electron chi connectivity index (χ0n) is 28.2. The minimum Gasteiger partial charge on any atom is -0.493 e. The smallest absolute Gasteiger partial charge is 0.243 e. The summed E-state index contributed by atoms with van der Waals surface area (Å²) >= 11 is 7.60. The maximum Gasteiger partial charge on any atom is 0.243 e. The monoisotopic (exact) mass is 709 g/mol. The number of Topliss-reactive ketones (excluding diaryl/α,β-unsaturated/α-hetero) is 1. The van der Waals surface area contributed by atoms with Crippen LogP contribution in [0.4, 0.5) is 0 Å². The number of carbonyl (C=O) groups is 4. The molecule has 2 aromatic carbocycles. The number of benzene rings is 2. The fourth-order valence-electron chi connectivity index (χ4n) is 6.91. The van der Waals surface area contributed by atoms with Crippen molar-refractivity contribution in [3.8, 4) is 5.75 Å². The molecule has 264 valence electrons. The van der Waals surface area contributed by atoms with Crippen LogP contribution >= 0.6 is 22.9 Å². The number of para-hydroxylation sites is 1. The van der Waals surface area contributed by atoms with E-state index < -0.39 is 23.9 Å². The molecule has 0 spiro atoms. The van der Waals surface area contributed by atoms with Gasteiger partial charge in [-0.25, -0.2) is 4.98 Å². The van der Waals surface area contributed by atoms with Crippen molar-refractivity contribution >= 4 is 56.7 Å². The van der Waals surface area contributed by atoms with Crippen molar-refractivity contribution in [3.05, 3.63) is 58.1 Å². The van der Waals surface area contributed by atoms with Crippen molar-refractivity contribution in [2.75, 3.05) is 13.2 Å². The summed E-state index contributed by atoms with van der Waals surface area (Å²) in [6.45, 7) is 2.73. The molecule has 2 heterocycles. The zero-order chi connectivity index (χ0) is 34.8. The van der Waals surface area contributed by atoms with Crippen LogP contribution in [-0.4, -0.2) is 53.7 Å². The molecule has 0 bridgehead atoms. The highest BCUT2D eigenvalue weighted by Gasteiger charge is 2.36. The van der Waals surface area contributed by atoms with Crippen LogP contribution in [-0.2, 0) is 25.6 Å². The number of ether oxygens (including phenoxy) is 1. The van der Waals surface area contributed by atoms with E-state index >= 15 is 0 Å². The van der Waals surface area contributed by atoms with Crippen LogP contribution in [0.25, 0.3) is 10.2 Å². The highest BCUT2D eigenvalue weighted by atomic mass is 35.5. The third kappa shape index (κ3) is 10.0. The number of aromatic nitrogens is 1. The van der Waals surface area contributed by atoms with Gasteiger partial charge in [-0.05, 0) is 62.4 Å². The minimum absolute atomic E-state index is 0.00727. The van der Waals surface area contributed by atoms with Crippen molar-refractivity contribution in [1.29, 1.82) is 0 Å². The minimum atomic E-state index is -0.917. The molecule has 5 N–H and O–H groups in total. The van der Waals surface area contributed by atoms with Gasteiger partial charge in [0.05, 0.1) is 33.9 Å². The standard InChI is InChI=1S/C37H48ClN5O5S/c1-2-33(45)40-29(22-34-41-28-16-15-25(38)21-32(28)49-34)37(47)43-35(23-10-4-3-5-11-23)30(44)20-24(12-8-9-18-39)36(46)42-27-17-19-48-31-14-7-6-13-26(27)31/h6-7,13-16,21,23-24,27,29,35H,2-5,8-12,17-20,22,39H2,1H3,(H,40,45)(H,42,46)(H,43,47)/t24-,27-,29+,35+/m1/s1. The Balaban J connectivity index is 1.34. The molecule has 3 aromatic rings. The molecule has 5 rings (SSSR count). The molecular formula is C37H48ClN5O5S. The first kappa shape index (κ1) is 36.7. The molecule has 0 radical (unpaired) electrons. The molecule has 49 heavy (non-hydrogen) atoms. The average Bonchev–Trinajstić information content (AvgIpc) is 3.51. The highest BCUT2D eigenvalue weighted by Crippen LogP contribution is 2.33. The number of ketones is 1. The van der Waals surface area contributed by atoms with Crippen LogP contribution < -0.4 is 26.4 Å². The maximum atomic E-state index is 14.3. The molecule has 10 nitrogen and oxygen atoms in total. The van der Waals surface area contributed by atoms with Crippen molar-refractivity contribution < 1.29 is 23.9 Å². The van der Waals surface area contributed by atoms with E-state index in [1.165, 1.54) is 11.3 Å². The first-order valence-corrected chi connectivity index (χ1v) is 18.8. The lowest BCUT2D eigenvalue weighted by molar-refractivity contribution is -0.134. The van der Waals surface area contributed by atoms with Gasteiger partial charge in [0.1, 0.15) is 11.8 Å². The normalized spacial score (nSPS) is 18.1. The van der Waals surface area contributed by atoms with Crippen molar-refractivity contribution in [2.24, 2.45) is 17.6 Å². The van der Waals surface area contributed by atoms with Gasteiger partial charge < -0.3 is 26.4 Å². The topological polar surface area (TPSA) is 153 Å². The Kier molecular flexibility index (Phi) is 13.4. The van der Waals surface area contributed by atoms with Crippen LogP contribution in [0, 0.1) is 11.8 Å². The van der Waals surface area contributed by atoms with Gasteiger partial charge in [-0.15, -0.1) is 11.3 Å². The molecule has 0 unspecified atom stereocenters. The lowest BCUT2D eigenvalue weighted by Gasteiger charge is -2.32. The van der Waals surface area contributed by atoms with Crippen LogP contribution in [0.3, 0.4) is 0 Å². The Morgan fingerprint density at radius 2 is 1.82 bits per heavy atom. The number of amides is 3. The molecule has 1 aromatic heterocycles. The van der Waals surface area contributed by atoms with Gasteiger partial charge in [-0.2, -0.15) is 0 Å². The fourth-order valence-corrected chi connectivity index (χ4v) is 8.20. The summed E-state index contributed by atoms with van der Waals surface area (Å²) in [5, 5.41) is 10.4. The van der Waals surface area contributed by atoms with E-state index in [4.69, 9.17) is 22.1 Å². The molecular weight excluding hydrogens is 662 g/mol. The van der Waals surface area contributed by atoms with Crippen molar-refractivity contribution in [1.82, 2.24) is 20.9 Å². The van der Waals surface area contributed by atoms with E-state index in [-0.39, 0.29) is 48.8 Å². The summed E-state index contributed by atoms with van der Waals surface area (Å²) < 4.78 is 6.68. The number of hydrogen-bond acceptors (Lipinski definition) is 8. The van der Waals surface area contributed by atoms with Crippen molar-refractivity contribution in [3.63, 3.8) is 0 Å². The number of unbranched alkanes of at least 4 members (excludes halogenated alkanes) is 1. The number of thiazole rings is 1. The number of fused-ring (bicyclic) bond motifs is 2. The summed E-state index contributed by atoms with van der Waals surface area (Å²) in [5.41, 5.74) is 7.48. The van der Waals surface area contributed by atoms with Gasteiger partial charge in [-0.1, -0.05) is 62.4 Å².